The molecule has 2 aromatic rings. The molecular weight excluding hydrogens is 270 g/mol. The number of esters is 1. The van der Waals surface area contributed by atoms with E-state index in [2.05, 4.69) is 40.6 Å². The number of nitrogens with zero attached hydrogens (tertiary/aromatic N) is 5. The fraction of sp³-hybridized carbons (Fsp3) is 0.571. The average Bonchev–Trinajstić information content (AvgIpc) is 3.07. The van der Waals surface area contributed by atoms with Crippen molar-refractivity contribution in [3.63, 3.8) is 0 Å². The molecule has 0 aliphatic carbocycles. The number of hydrogen-bond donors (Lipinski definition) is 0. The van der Waals surface area contributed by atoms with E-state index in [0.717, 1.165) is 24.2 Å². The maximum absolute atomic E-state index is 11.7. The third-order valence-electron chi connectivity index (χ3n) is 3.32. The first-order chi connectivity index (χ1) is 10.1. The standard InChI is InChI=1S/C14H21N5O2/c1-5-6-12-13(14(20)21-4)16-17-19(12)8-11-7-15-9-18(11)10(2)3/h7,9-10H,5-6,8H2,1-4H3. The van der Waals surface area contributed by atoms with E-state index in [1.54, 1.807) is 11.0 Å². The van der Waals surface area contributed by atoms with Crippen molar-refractivity contribution in [3.8, 4) is 0 Å². The normalized spacial score (nSPS) is 11.1. The van der Waals surface area contributed by atoms with Gasteiger partial charge in [-0.25, -0.2) is 14.5 Å². The second-order valence-corrected chi connectivity index (χ2v) is 5.17. The van der Waals surface area contributed by atoms with Gasteiger partial charge in [-0.2, -0.15) is 0 Å². The summed E-state index contributed by atoms with van der Waals surface area (Å²) in [5, 5.41) is 8.07. The van der Waals surface area contributed by atoms with Crippen molar-refractivity contribution >= 4 is 5.97 Å². The highest BCUT2D eigenvalue weighted by molar-refractivity contribution is 5.88. The summed E-state index contributed by atoms with van der Waals surface area (Å²) in [7, 11) is 1.35. The first kappa shape index (κ1) is 15.2. The Morgan fingerprint density at radius 3 is 2.81 bits per heavy atom. The first-order valence-electron chi connectivity index (χ1n) is 7.09. The Kier molecular flexibility index (Phi) is 4.72. The number of carbonyl (C=O) groups excluding carboxylic acids is 1. The Hall–Kier alpha value is -2.18. The van der Waals surface area contributed by atoms with Crippen molar-refractivity contribution in [3.05, 3.63) is 29.6 Å². The number of ether oxygens (including phenoxy) is 1. The molecule has 7 nitrogen and oxygen atoms in total. The minimum Gasteiger partial charge on any atom is -0.464 e. The largest absolute Gasteiger partial charge is 0.464 e. The van der Waals surface area contributed by atoms with E-state index < -0.39 is 5.97 Å². The van der Waals surface area contributed by atoms with Crippen LogP contribution in [0.3, 0.4) is 0 Å². The topological polar surface area (TPSA) is 74.8 Å². The molecule has 0 unspecified atom stereocenters. The summed E-state index contributed by atoms with van der Waals surface area (Å²) >= 11 is 0. The number of hydrogen-bond acceptors (Lipinski definition) is 5. The summed E-state index contributed by atoms with van der Waals surface area (Å²) in [6, 6.07) is 0.320. The van der Waals surface area contributed by atoms with E-state index in [-0.39, 0.29) is 0 Å². The molecule has 0 aromatic carbocycles. The van der Waals surface area contributed by atoms with Crippen molar-refractivity contribution in [1.29, 1.82) is 0 Å². The van der Waals surface area contributed by atoms with Gasteiger partial charge in [-0.05, 0) is 20.3 Å². The molecule has 0 bridgehead atoms. The van der Waals surface area contributed by atoms with Gasteiger partial charge in [0.25, 0.3) is 0 Å². The smallest absolute Gasteiger partial charge is 0.360 e. The van der Waals surface area contributed by atoms with E-state index in [1.807, 2.05) is 6.20 Å². The molecule has 0 saturated heterocycles. The van der Waals surface area contributed by atoms with Gasteiger partial charge in [0.2, 0.25) is 0 Å². The molecule has 0 spiro atoms. The zero-order chi connectivity index (χ0) is 15.4. The molecule has 0 amide bonds. The summed E-state index contributed by atoms with van der Waals surface area (Å²) < 4.78 is 8.60. The molecule has 2 heterocycles. The molecule has 0 atom stereocenters. The monoisotopic (exact) mass is 291 g/mol. The van der Waals surface area contributed by atoms with Gasteiger partial charge in [0, 0.05) is 6.04 Å². The van der Waals surface area contributed by atoms with Crippen LogP contribution >= 0.6 is 0 Å². The van der Waals surface area contributed by atoms with Crippen molar-refractivity contribution in [1.82, 2.24) is 24.5 Å². The van der Waals surface area contributed by atoms with E-state index in [1.165, 1.54) is 7.11 Å². The Balaban J connectivity index is 2.33. The molecule has 0 radical (unpaired) electrons. The van der Waals surface area contributed by atoms with Crippen LogP contribution in [0, 0.1) is 0 Å². The first-order valence-corrected chi connectivity index (χ1v) is 7.09. The molecule has 0 N–H and O–H groups in total. The van der Waals surface area contributed by atoms with Crippen LogP contribution in [-0.4, -0.2) is 37.6 Å². The van der Waals surface area contributed by atoms with E-state index >= 15 is 0 Å². The van der Waals surface area contributed by atoms with Crippen LogP contribution in [0.4, 0.5) is 0 Å². The van der Waals surface area contributed by atoms with E-state index in [0.29, 0.717) is 18.3 Å². The predicted molar refractivity (Wildman–Crippen MR) is 77.1 cm³/mol. The molecule has 21 heavy (non-hydrogen) atoms. The van der Waals surface area contributed by atoms with Crippen molar-refractivity contribution in [2.45, 2.75) is 46.2 Å². The van der Waals surface area contributed by atoms with Crippen LogP contribution in [0.1, 0.15) is 55.1 Å². The molecule has 0 fully saturated rings. The van der Waals surface area contributed by atoms with Gasteiger partial charge < -0.3 is 9.30 Å². The number of methoxy groups -OCH3 is 1. The highest BCUT2D eigenvalue weighted by Crippen LogP contribution is 2.14. The van der Waals surface area contributed by atoms with E-state index in [9.17, 15) is 4.79 Å². The lowest BCUT2D eigenvalue weighted by molar-refractivity contribution is 0.0592. The highest BCUT2D eigenvalue weighted by atomic mass is 16.5. The molecule has 2 rings (SSSR count). The van der Waals surface area contributed by atoms with Gasteiger partial charge >= 0.3 is 5.97 Å². The third-order valence-corrected chi connectivity index (χ3v) is 3.32. The number of carbonyl (C=O) groups is 1. The maximum Gasteiger partial charge on any atom is 0.360 e. The van der Waals surface area contributed by atoms with Gasteiger partial charge in [-0.15, -0.1) is 5.10 Å². The summed E-state index contributed by atoms with van der Waals surface area (Å²) in [6.07, 6.45) is 5.25. The van der Waals surface area contributed by atoms with Crippen molar-refractivity contribution < 1.29 is 9.53 Å². The molecule has 7 heteroatoms. The summed E-state index contributed by atoms with van der Waals surface area (Å²) in [5.41, 5.74) is 2.14. The van der Waals surface area contributed by atoms with Gasteiger partial charge in [-0.3, -0.25) is 0 Å². The second-order valence-electron chi connectivity index (χ2n) is 5.17. The van der Waals surface area contributed by atoms with Gasteiger partial charge in [0.15, 0.2) is 5.69 Å². The van der Waals surface area contributed by atoms with Gasteiger partial charge in [0.1, 0.15) is 0 Å². The van der Waals surface area contributed by atoms with Gasteiger partial charge in [0.05, 0.1) is 37.6 Å². The zero-order valence-electron chi connectivity index (χ0n) is 12.9. The van der Waals surface area contributed by atoms with Crippen LogP contribution in [-0.2, 0) is 17.7 Å². The summed E-state index contributed by atoms with van der Waals surface area (Å²) in [6.45, 7) is 6.78. The van der Waals surface area contributed by atoms with Gasteiger partial charge in [-0.1, -0.05) is 18.6 Å². The molecule has 2 aromatic heterocycles. The number of rotatable bonds is 6. The van der Waals surface area contributed by atoms with E-state index in [4.69, 9.17) is 4.74 Å². The minimum atomic E-state index is -0.443. The van der Waals surface area contributed by atoms with Crippen molar-refractivity contribution in [2.24, 2.45) is 0 Å². The molecule has 114 valence electrons. The van der Waals surface area contributed by atoms with Crippen LogP contribution in [0.5, 0.6) is 0 Å². The Bertz CT molecular complexity index is 615. The van der Waals surface area contributed by atoms with Crippen molar-refractivity contribution in [2.75, 3.05) is 7.11 Å². The summed E-state index contributed by atoms with van der Waals surface area (Å²) in [4.78, 5) is 15.9. The average molecular weight is 291 g/mol. The van der Waals surface area contributed by atoms with Crippen LogP contribution < -0.4 is 0 Å². The van der Waals surface area contributed by atoms with Crippen LogP contribution in [0.15, 0.2) is 12.5 Å². The lowest BCUT2D eigenvalue weighted by Crippen LogP contribution is -2.13. The number of aromatic nitrogens is 5. The fourth-order valence-corrected chi connectivity index (χ4v) is 2.27. The SMILES string of the molecule is CCCc1c(C(=O)OC)nnn1Cc1cncn1C(C)C. The molecule has 0 aliphatic rings. The molecule has 0 saturated carbocycles. The lowest BCUT2D eigenvalue weighted by atomic mass is 10.2. The Labute approximate surface area is 123 Å². The molecular formula is C14H21N5O2. The van der Waals surface area contributed by atoms with Crippen LogP contribution in [0.2, 0.25) is 0 Å². The minimum absolute atomic E-state index is 0.301. The highest BCUT2D eigenvalue weighted by Gasteiger charge is 2.20. The molecule has 0 aliphatic heterocycles. The number of imidazole rings is 1. The third kappa shape index (κ3) is 3.12. The summed E-state index contributed by atoms with van der Waals surface area (Å²) in [5.74, 6) is -0.443. The Morgan fingerprint density at radius 1 is 1.43 bits per heavy atom. The fourth-order valence-electron chi connectivity index (χ4n) is 2.27. The lowest BCUT2D eigenvalue weighted by Gasteiger charge is -2.12. The Morgan fingerprint density at radius 2 is 2.19 bits per heavy atom. The maximum atomic E-state index is 11.7. The zero-order valence-corrected chi connectivity index (χ0v) is 12.9. The quantitative estimate of drug-likeness (QED) is 0.759. The predicted octanol–water partition coefficient (Wildman–Crippen LogP) is 1.84. The van der Waals surface area contributed by atoms with Crippen LogP contribution in [0.25, 0.3) is 0 Å². The second kappa shape index (κ2) is 6.51.